The molecule has 0 spiro atoms. The molecule has 3 nitrogen and oxygen atoms in total. The Balaban J connectivity index is 2.18. The largest absolute Gasteiger partial charge is 0.389 e. The quantitative estimate of drug-likeness (QED) is 0.683. The lowest BCUT2D eigenvalue weighted by Gasteiger charge is -2.14. The van der Waals surface area contributed by atoms with Crippen LogP contribution < -0.4 is 11.1 Å². The number of benzene rings is 2. The first-order valence-corrected chi connectivity index (χ1v) is 7.55. The molecule has 0 bridgehead atoms. The van der Waals surface area contributed by atoms with E-state index in [0.717, 1.165) is 32.3 Å². The molecule has 2 aromatic carbocycles. The molecule has 0 fully saturated rings. The Bertz CT molecular complexity index is 833. The summed E-state index contributed by atoms with van der Waals surface area (Å²) in [6.45, 7) is 0. The highest BCUT2D eigenvalue weighted by molar-refractivity contribution is 9.10. The summed E-state index contributed by atoms with van der Waals surface area (Å²) < 4.78 is 1.00. The zero-order valence-corrected chi connectivity index (χ0v) is 13.4. The maximum atomic E-state index is 5.83. The van der Waals surface area contributed by atoms with E-state index in [0.29, 0.717) is 4.99 Å². The van der Waals surface area contributed by atoms with Gasteiger partial charge in [-0.05, 0) is 24.3 Å². The Morgan fingerprint density at radius 2 is 1.95 bits per heavy atom. The van der Waals surface area contributed by atoms with Gasteiger partial charge in [0.15, 0.2) is 0 Å². The lowest BCUT2D eigenvalue weighted by molar-refractivity contribution is 1.38. The number of pyridine rings is 1. The number of para-hydroxylation sites is 1. The van der Waals surface area contributed by atoms with Gasteiger partial charge in [-0.1, -0.05) is 52.4 Å². The van der Waals surface area contributed by atoms with Gasteiger partial charge in [0.2, 0.25) is 0 Å². The summed E-state index contributed by atoms with van der Waals surface area (Å²) in [5, 5.41) is 4.39. The summed E-state index contributed by atoms with van der Waals surface area (Å²) >= 11 is 8.61. The SMILES string of the molecule is NC(=S)c1cnc2ccccc2c1Nc1cccc(Br)c1. The summed E-state index contributed by atoms with van der Waals surface area (Å²) in [7, 11) is 0. The molecule has 21 heavy (non-hydrogen) atoms. The molecule has 3 rings (SSSR count). The zero-order chi connectivity index (χ0) is 14.8. The van der Waals surface area contributed by atoms with Crippen molar-refractivity contribution < 1.29 is 0 Å². The third-order valence-corrected chi connectivity index (χ3v) is 3.85. The van der Waals surface area contributed by atoms with Gasteiger partial charge in [-0.2, -0.15) is 0 Å². The van der Waals surface area contributed by atoms with Crippen molar-refractivity contribution in [3.63, 3.8) is 0 Å². The fraction of sp³-hybridized carbons (Fsp3) is 0. The van der Waals surface area contributed by atoms with E-state index in [2.05, 4.69) is 26.2 Å². The highest BCUT2D eigenvalue weighted by Crippen LogP contribution is 2.29. The van der Waals surface area contributed by atoms with Crippen LogP contribution in [0.25, 0.3) is 10.9 Å². The fourth-order valence-corrected chi connectivity index (χ4v) is 2.73. The van der Waals surface area contributed by atoms with Gasteiger partial charge in [0, 0.05) is 21.7 Å². The Labute approximate surface area is 136 Å². The van der Waals surface area contributed by atoms with Gasteiger partial charge in [-0.3, -0.25) is 4.98 Å². The van der Waals surface area contributed by atoms with Crippen molar-refractivity contribution in [2.75, 3.05) is 5.32 Å². The summed E-state index contributed by atoms with van der Waals surface area (Å²) in [6, 6.07) is 15.8. The number of nitrogens with zero attached hydrogens (tertiary/aromatic N) is 1. The first-order chi connectivity index (χ1) is 10.1. The molecule has 0 saturated carbocycles. The lowest BCUT2D eigenvalue weighted by atomic mass is 10.1. The van der Waals surface area contributed by atoms with Crippen LogP contribution in [-0.2, 0) is 0 Å². The molecule has 0 saturated heterocycles. The number of hydrogen-bond donors (Lipinski definition) is 2. The van der Waals surface area contributed by atoms with Crippen LogP contribution in [0.1, 0.15) is 5.56 Å². The summed E-state index contributed by atoms with van der Waals surface area (Å²) in [4.78, 5) is 4.73. The Hall–Kier alpha value is -1.98. The Morgan fingerprint density at radius 1 is 1.14 bits per heavy atom. The number of aromatic nitrogens is 1. The molecule has 0 atom stereocenters. The number of rotatable bonds is 3. The molecule has 5 heteroatoms. The van der Waals surface area contributed by atoms with Crippen LogP contribution >= 0.6 is 28.1 Å². The van der Waals surface area contributed by atoms with Crippen molar-refractivity contribution in [1.29, 1.82) is 0 Å². The second kappa shape index (κ2) is 5.79. The molecule has 104 valence electrons. The fourth-order valence-electron chi connectivity index (χ4n) is 2.17. The van der Waals surface area contributed by atoms with E-state index in [4.69, 9.17) is 18.0 Å². The van der Waals surface area contributed by atoms with E-state index in [1.165, 1.54) is 0 Å². The van der Waals surface area contributed by atoms with Crippen molar-refractivity contribution in [3.05, 3.63) is 64.8 Å². The normalized spacial score (nSPS) is 10.5. The van der Waals surface area contributed by atoms with Gasteiger partial charge in [0.05, 0.1) is 16.8 Å². The molecule has 0 radical (unpaired) electrons. The lowest BCUT2D eigenvalue weighted by Crippen LogP contribution is -2.12. The molecule has 1 aromatic heterocycles. The molecule has 0 aliphatic rings. The average Bonchev–Trinajstić information content (AvgIpc) is 2.47. The van der Waals surface area contributed by atoms with Crippen molar-refractivity contribution in [3.8, 4) is 0 Å². The molecule has 3 N–H and O–H groups in total. The topological polar surface area (TPSA) is 50.9 Å². The highest BCUT2D eigenvalue weighted by atomic mass is 79.9. The Kier molecular flexibility index (Phi) is 3.86. The van der Waals surface area contributed by atoms with Crippen LogP contribution in [0.5, 0.6) is 0 Å². The predicted molar refractivity (Wildman–Crippen MR) is 95.1 cm³/mol. The minimum Gasteiger partial charge on any atom is -0.389 e. The van der Waals surface area contributed by atoms with E-state index in [-0.39, 0.29) is 0 Å². The van der Waals surface area contributed by atoms with Crippen molar-refractivity contribution in [1.82, 2.24) is 4.98 Å². The van der Waals surface area contributed by atoms with Crippen LogP contribution in [0.4, 0.5) is 11.4 Å². The smallest absolute Gasteiger partial charge is 0.107 e. The number of fused-ring (bicyclic) bond motifs is 1. The molecule has 3 aromatic rings. The maximum absolute atomic E-state index is 5.83. The van der Waals surface area contributed by atoms with Gasteiger partial charge in [0.1, 0.15) is 4.99 Å². The monoisotopic (exact) mass is 357 g/mol. The van der Waals surface area contributed by atoms with Crippen LogP contribution in [0.15, 0.2) is 59.2 Å². The number of thiocarbonyl (C=S) groups is 1. The number of anilines is 2. The standard InChI is InChI=1S/C16H12BrN3S/c17-10-4-3-5-11(8-10)20-15-12-6-1-2-7-14(12)19-9-13(15)16(18)21/h1-9H,(H2,18,21)(H,19,20). The first kappa shape index (κ1) is 14.0. The second-order valence-corrected chi connectivity index (χ2v) is 5.92. The predicted octanol–water partition coefficient (Wildman–Crippen LogP) is 4.38. The Morgan fingerprint density at radius 3 is 2.71 bits per heavy atom. The van der Waals surface area contributed by atoms with Gasteiger partial charge >= 0.3 is 0 Å². The molecule has 0 amide bonds. The first-order valence-electron chi connectivity index (χ1n) is 6.35. The number of nitrogens with two attached hydrogens (primary N) is 1. The van der Waals surface area contributed by atoms with E-state index in [1.807, 2.05) is 48.5 Å². The second-order valence-electron chi connectivity index (χ2n) is 4.56. The third kappa shape index (κ3) is 2.89. The minimum absolute atomic E-state index is 0.325. The van der Waals surface area contributed by atoms with Crippen LogP contribution in [-0.4, -0.2) is 9.97 Å². The molecule has 0 aliphatic heterocycles. The minimum atomic E-state index is 0.325. The summed E-state index contributed by atoms with van der Waals surface area (Å²) in [5.41, 5.74) is 9.31. The molecular formula is C16H12BrN3S. The third-order valence-electron chi connectivity index (χ3n) is 3.13. The van der Waals surface area contributed by atoms with Crippen LogP contribution in [0.2, 0.25) is 0 Å². The van der Waals surface area contributed by atoms with Crippen molar-refractivity contribution in [2.45, 2.75) is 0 Å². The van der Waals surface area contributed by atoms with Crippen LogP contribution in [0, 0.1) is 0 Å². The van der Waals surface area contributed by atoms with E-state index >= 15 is 0 Å². The zero-order valence-electron chi connectivity index (χ0n) is 11.0. The van der Waals surface area contributed by atoms with Crippen molar-refractivity contribution >= 4 is 55.4 Å². The number of halogens is 1. The van der Waals surface area contributed by atoms with Gasteiger partial charge in [-0.25, -0.2) is 0 Å². The van der Waals surface area contributed by atoms with Gasteiger partial charge in [-0.15, -0.1) is 0 Å². The molecule has 1 heterocycles. The number of nitrogens with one attached hydrogen (secondary N) is 1. The molecule has 0 aliphatic carbocycles. The molecular weight excluding hydrogens is 346 g/mol. The van der Waals surface area contributed by atoms with E-state index in [1.54, 1.807) is 6.20 Å². The van der Waals surface area contributed by atoms with E-state index in [9.17, 15) is 0 Å². The average molecular weight is 358 g/mol. The van der Waals surface area contributed by atoms with Gasteiger partial charge in [0.25, 0.3) is 0 Å². The number of hydrogen-bond acceptors (Lipinski definition) is 3. The van der Waals surface area contributed by atoms with Crippen molar-refractivity contribution in [2.24, 2.45) is 5.73 Å². The van der Waals surface area contributed by atoms with E-state index < -0.39 is 0 Å². The van der Waals surface area contributed by atoms with Crippen LogP contribution in [0.3, 0.4) is 0 Å². The maximum Gasteiger partial charge on any atom is 0.107 e. The summed E-state index contributed by atoms with van der Waals surface area (Å²) in [6.07, 6.45) is 1.71. The summed E-state index contributed by atoms with van der Waals surface area (Å²) in [5.74, 6) is 0. The molecule has 0 unspecified atom stereocenters. The highest BCUT2D eigenvalue weighted by Gasteiger charge is 2.11. The van der Waals surface area contributed by atoms with Gasteiger partial charge < -0.3 is 11.1 Å².